The van der Waals surface area contributed by atoms with Gasteiger partial charge in [-0.1, -0.05) is 0 Å². The van der Waals surface area contributed by atoms with Gasteiger partial charge >= 0.3 is 12.3 Å². The first-order valence-electron chi connectivity index (χ1n) is 11.4. The minimum absolute atomic E-state index is 0.165. The van der Waals surface area contributed by atoms with E-state index in [9.17, 15) is 35.9 Å². The quantitative estimate of drug-likeness (QED) is 0.270. The smallest absolute Gasteiger partial charge is 0.490 e. The zero-order valence-electron chi connectivity index (χ0n) is 21.7. The van der Waals surface area contributed by atoms with Crippen molar-refractivity contribution < 1.29 is 63.4 Å². The fourth-order valence-corrected chi connectivity index (χ4v) is 2.94. The molecular weight excluding hydrogens is 533 g/mol. The van der Waals surface area contributed by atoms with Crippen LogP contribution in [0.25, 0.3) is 0 Å². The van der Waals surface area contributed by atoms with Crippen LogP contribution in [0.5, 0.6) is 23.0 Å². The van der Waals surface area contributed by atoms with Crippen molar-refractivity contribution in [3.8, 4) is 23.0 Å². The minimum Gasteiger partial charge on any atom is -0.490 e. The molecule has 2 aromatic carbocycles. The van der Waals surface area contributed by atoms with Crippen LogP contribution in [0.1, 0.15) is 36.9 Å². The maximum Gasteiger partial charge on any atom is 0.573 e. The number of esters is 1. The number of carbonyl (C=O) groups excluding carboxylic acids is 2. The van der Waals surface area contributed by atoms with Crippen LogP contribution in [-0.2, 0) is 4.74 Å². The number of carbonyl (C=O) groups is 2. The van der Waals surface area contributed by atoms with Crippen LogP contribution < -0.4 is 19.5 Å². The van der Waals surface area contributed by atoms with E-state index in [1.54, 1.807) is 0 Å². The van der Waals surface area contributed by atoms with Gasteiger partial charge < -0.3 is 24.3 Å². The summed E-state index contributed by atoms with van der Waals surface area (Å²) in [5, 5.41) is 2.12. The van der Waals surface area contributed by atoms with Gasteiger partial charge in [0.1, 0.15) is 22.8 Å². The Morgan fingerprint density at radius 1 is 1.00 bits per heavy atom. The molecule has 0 radical (unpaired) electrons. The molecule has 0 unspecified atom stereocenters. The van der Waals surface area contributed by atoms with Gasteiger partial charge in [-0.15, -0.1) is 13.2 Å². The number of anilines is 1. The number of hydrogen-bond acceptors (Lipinski definition) is 7. The average Bonchev–Trinajstić information content (AvgIpc) is 2.86. The molecule has 1 N–H and O–H groups in total. The monoisotopic (exact) mass is 551 g/mol. The number of halogens is 7. The maximum absolute atomic E-state index is 15.1. The number of hydrogen-bond donors (Lipinski definition) is 1. The third kappa shape index (κ3) is 6.22. The third-order valence-electron chi connectivity index (χ3n) is 4.58. The van der Waals surface area contributed by atoms with Crippen molar-refractivity contribution in [2.24, 2.45) is 0 Å². The number of pyridine rings is 1. The van der Waals surface area contributed by atoms with Crippen molar-refractivity contribution in [2.45, 2.75) is 12.8 Å². The lowest BCUT2D eigenvalue weighted by Crippen LogP contribution is -2.18. The minimum atomic E-state index is -5.40. The summed E-state index contributed by atoms with van der Waals surface area (Å²) >= 11 is 0. The fraction of sp³-hybridized carbons (Fsp3) is 0.174. The van der Waals surface area contributed by atoms with Gasteiger partial charge in [0.05, 0.1) is 35.7 Å². The van der Waals surface area contributed by atoms with E-state index in [1.807, 2.05) is 0 Å². The third-order valence-corrected chi connectivity index (χ3v) is 4.58. The molecule has 15 heteroatoms. The van der Waals surface area contributed by atoms with Gasteiger partial charge in [-0.3, -0.25) is 4.79 Å². The first kappa shape index (κ1) is 23.8. The summed E-state index contributed by atoms with van der Waals surface area (Å²) in [5.74, 6) is -10.9. The van der Waals surface area contributed by atoms with E-state index in [-0.39, 0.29) is 11.4 Å². The van der Waals surface area contributed by atoms with Crippen molar-refractivity contribution in [1.82, 2.24) is 4.98 Å². The number of alkyl halides is 5. The molecule has 8 nitrogen and oxygen atoms in total. The summed E-state index contributed by atoms with van der Waals surface area (Å²) in [6.45, 7) is 0. The predicted molar refractivity (Wildman–Crippen MR) is 115 cm³/mol. The van der Waals surface area contributed by atoms with Gasteiger partial charge in [-0.2, -0.15) is 4.39 Å². The number of rotatable bonds is 8. The Kier molecular flexibility index (Phi) is 7.04. The fourth-order valence-electron chi connectivity index (χ4n) is 2.94. The van der Waals surface area contributed by atoms with Crippen molar-refractivity contribution in [3.63, 3.8) is 0 Å². The molecule has 0 aliphatic heterocycles. The van der Waals surface area contributed by atoms with E-state index in [0.717, 1.165) is 25.4 Å². The number of ether oxygens (including phenoxy) is 4. The molecule has 1 amide bonds. The highest BCUT2D eigenvalue weighted by Gasteiger charge is 2.34. The number of nitrogens with one attached hydrogen (secondary N) is 1. The molecule has 3 aromatic rings. The highest BCUT2D eigenvalue weighted by molar-refractivity contribution is 6.06. The number of benzene rings is 2. The molecule has 0 aliphatic carbocycles. The summed E-state index contributed by atoms with van der Waals surface area (Å²) in [6.07, 6.45) is -7.89. The molecule has 38 heavy (non-hydrogen) atoms. The van der Waals surface area contributed by atoms with Gasteiger partial charge in [-0.05, 0) is 36.4 Å². The molecule has 3 rings (SSSR count). The molecule has 0 spiro atoms. The van der Waals surface area contributed by atoms with Gasteiger partial charge in [-0.25, -0.2) is 22.9 Å². The van der Waals surface area contributed by atoms with Gasteiger partial charge in [0.25, 0.3) is 12.3 Å². The number of aromatic nitrogens is 1. The number of nitrogens with zero attached hydrogens (tertiary/aromatic N) is 1. The zero-order valence-corrected chi connectivity index (χ0v) is 18.7. The van der Waals surface area contributed by atoms with Crippen molar-refractivity contribution >= 4 is 17.6 Å². The molecule has 0 fully saturated rings. The van der Waals surface area contributed by atoms with E-state index < -0.39 is 77.5 Å². The highest BCUT2D eigenvalue weighted by atomic mass is 19.4. The van der Waals surface area contributed by atoms with E-state index in [1.165, 1.54) is 0 Å². The Hall–Kier alpha value is -4.56. The second-order valence-electron chi connectivity index (χ2n) is 6.98. The molecule has 0 saturated heterocycles. The summed E-state index contributed by atoms with van der Waals surface area (Å²) in [4.78, 5) is 28.2. The summed E-state index contributed by atoms with van der Waals surface area (Å²) < 4.78 is 134. The molecule has 0 saturated carbocycles. The Morgan fingerprint density at radius 2 is 1.68 bits per heavy atom. The first-order chi connectivity index (χ1) is 19.0. The SMILES string of the molecule is [2H]C([2H])([2H])Oc1c(Oc2ccc(C(F)F)c(F)c2C(=O)Nc2ccc(C(=O)OC)nc2)ccc(OC(F)(F)F)c1F. The van der Waals surface area contributed by atoms with Gasteiger partial charge in [0.2, 0.25) is 11.6 Å². The molecule has 1 heterocycles. The lowest BCUT2D eigenvalue weighted by Gasteiger charge is -2.17. The normalized spacial score (nSPS) is 12.7. The van der Waals surface area contributed by atoms with Crippen LogP contribution >= 0.6 is 0 Å². The van der Waals surface area contributed by atoms with Crippen LogP contribution in [0.15, 0.2) is 42.6 Å². The number of methoxy groups -OCH3 is 2. The molecule has 0 atom stereocenters. The molecular formula is C23H15F7N2O6. The zero-order chi connectivity index (χ0) is 30.7. The van der Waals surface area contributed by atoms with Gasteiger partial charge in [0, 0.05) is 0 Å². The second kappa shape index (κ2) is 11.2. The standard InChI is InChI=1S/C23H15F7N2O6/c1-35-19-15(8-7-14(18(19)25)38-23(28,29)30)37-13-6-4-11(20(26)27)17(24)16(13)21(33)32-10-3-5-12(31-9-10)22(34)36-2/h3-9,20H,1-2H3,(H,32,33)/i1D3. The van der Waals surface area contributed by atoms with Crippen molar-refractivity contribution in [2.75, 3.05) is 19.5 Å². The van der Waals surface area contributed by atoms with Crippen molar-refractivity contribution in [1.29, 1.82) is 0 Å². The van der Waals surface area contributed by atoms with Crippen LogP contribution in [0.3, 0.4) is 0 Å². The Balaban J connectivity index is 2.08. The second-order valence-corrected chi connectivity index (χ2v) is 6.98. The summed E-state index contributed by atoms with van der Waals surface area (Å²) in [5.41, 5.74) is -2.81. The lowest BCUT2D eigenvalue weighted by atomic mass is 10.1. The predicted octanol–water partition coefficient (Wildman–Crippen LogP) is 6.04. The van der Waals surface area contributed by atoms with E-state index in [2.05, 4.69) is 24.5 Å². The van der Waals surface area contributed by atoms with Crippen LogP contribution in [0, 0.1) is 11.6 Å². The first-order valence-corrected chi connectivity index (χ1v) is 9.92. The van der Waals surface area contributed by atoms with E-state index >= 15 is 4.39 Å². The molecule has 202 valence electrons. The molecule has 0 aliphatic rings. The average molecular weight is 551 g/mol. The molecule has 1 aromatic heterocycles. The Morgan fingerprint density at radius 3 is 2.26 bits per heavy atom. The summed E-state index contributed by atoms with van der Waals surface area (Å²) in [7, 11) is -2.37. The lowest BCUT2D eigenvalue weighted by molar-refractivity contribution is -0.275. The van der Waals surface area contributed by atoms with Crippen molar-refractivity contribution in [3.05, 3.63) is 71.1 Å². The maximum atomic E-state index is 15.1. The van der Waals surface area contributed by atoms with E-state index in [0.29, 0.717) is 24.3 Å². The summed E-state index contributed by atoms with van der Waals surface area (Å²) in [6, 6.07) is 4.29. The topological polar surface area (TPSA) is 96.0 Å². The highest BCUT2D eigenvalue weighted by Crippen LogP contribution is 2.41. The van der Waals surface area contributed by atoms with Gasteiger partial charge in [0.15, 0.2) is 11.5 Å². The largest absolute Gasteiger partial charge is 0.573 e. The Labute approximate surface area is 213 Å². The Bertz CT molecular complexity index is 1450. The van der Waals surface area contributed by atoms with Crippen LogP contribution in [-0.4, -0.2) is 37.4 Å². The van der Waals surface area contributed by atoms with Crippen LogP contribution in [0.4, 0.5) is 36.4 Å². The van der Waals surface area contributed by atoms with Crippen LogP contribution in [0.2, 0.25) is 0 Å². The van der Waals surface area contributed by atoms with E-state index in [4.69, 9.17) is 8.85 Å². The number of amides is 1. The molecule has 0 bridgehead atoms.